The van der Waals surface area contributed by atoms with Crippen molar-refractivity contribution < 1.29 is 32.6 Å². The molecule has 1 spiro atoms. The average Bonchev–Trinajstić information content (AvgIpc) is 3.41. The fraction of sp³-hybridized carbons (Fsp3) is 0.562. The lowest BCUT2D eigenvalue weighted by molar-refractivity contribution is -0.192. The number of piperidine rings is 1. The van der Waals surface area contributed by atoms with Crippen molar-refractivity contribution in [3.8, 4) is 0 Å². The number of amides is 1. The first kappa shape index (κ1) is 31.0. The van der Waals surface area contributed by atoms with Gasteiger partial charge in [0.15, 0.2) is 0 Å². The van der Waals surface area contributed by atoms with E-state index in [9.17, 15) is 18.0 Å². The summed E-state index contributed by atoms with van der Waals surface area (Å²) >= 11 is 3.74. The van der Waals surface area contributed by atoms with Crippen LogP contribution in [0, 0.1) is 11.8 Å². The molecule has 4 aliphatic rings. The molecule has 3 heterocycles. The Morgan fingerprint density at radius 1 is 1.02 bits per heavy atom. The number of hydrogen-bond donors (Lipinski definition) is 2. The van der Waals surface area contributed by atoms with E-state index in [0.29, 0.717) is 37.0 Å². The molecule has 3 fully saturated rings. The van der Waals surface area contributed by atoms with Crippen LogP contribution in [0.5, 0.6) is 0 Å². The first-order chi connectivity index (χ1) is 20.1. The Labute approximate surface area is 253 Å². The summed E-state index contributed by atoms with van der Waals surface area (Å²) in [4.78, 5) is 25.7. The summed E-state index contributed by atoms with van der Waals surface area (Å²) in [6.07, 6.45) is 3.58. The molecule has 10 heteroatoms. The van der Waals surface area contributed by atoms with Crippen molar-refractivity contribution >= 4 is 27.8 Å². The highest BCUT2D eigenvalue weighted by molar-refractivity contribution is 9.10. The zero-order valence-electron chi connectivity index (χ0n) is 23.5. The monoisotopic (exact) mass is 650 g/mol. The van der Waals surface area contributed by atoms with Crippen LogP contribution in [0.15, 0.2) is 53.0 Å². The number of halogens is 4. The maximum atomic E-state index is 14.5. The topological polar surface area (TPSA) is 78.9 Å². The average molecular weight is 652 g/mol. The number of aliphatic carboxylic acids is 1. The fourth-order valence-electron chi connectivity index (χ4n) is 7.57. The molecule has 4 atom stereocenters. The SMILES string of the molecule is O=C(O)C(F)(F)F.O=C([C@@H]1CNC[C@]12COCc1c(Br)cccc12)N1CC[C@@H](c2ccccc2)C[C@H]1C1CCCCC1. The summed E-state index contributed by atoms with van der Waals surface area (Å²) in [5.41, 5.74) is 3.68. The summed E-state index contributed by atoms with van der Waals surface area (Å²) in [6.45, 7) is 3.66. The van der Waals surface area contributed by atoms with E-state index in [0.717, 1.165) is 36.9 Å². The molecule has 2 aromatic carbocycles. The molecule has 1 aliphatic carbocycles. The van der Waals surface area contributed by atoms with Crippen molar-refractivity contribution in [2.24, 2.45) is 11.8 Å². The second-order valence-corrected chi connectivity index (χ2v) is 12.9. The van der Waals surface area contributed by atoms with Crippen LogP contribution in [0.25, 0.3) is 0 Å². The molecule has 0 bridgehead atoms. The number of nitrogens with one attached hydrogen (secondary N) is 1. The minimum atomic E-state index is -5.08. The van der Waals surface area contributed by atoms with Gasteiger partial charge in [-0.15, -0.1) is 0 Å². The molecule has 3 aliphatic heterocycles. The summed E-state index contributed by atoms with van der Waals surface area (Å²) in [6, 6.07) is 17.8. The Balaban J connectivity index is 0.000000451. The van der Waals surface area contributed by atoms with Crippen molar-refractivity contribution in [3.63, 3.8) is 0 Å². The van der Waals surface area contributed by atoms with Crippen molar-refractivity contribution in [1.82, 2.24) is 10.2 Å². The number of carbonyl (C=O) groups is 2. The van der Waals surface area contributed by atoms with Gasteiger partial charge in [-0.25, -0.2) is 4.79 Å². The molecule has 1 saturated carbocycles. The van der Waals surface area contributed by atoms with Gasteiger partial charge in [-0.1, -0.05) is 77.7 Å². The third-order valence-electron chi connectivity index (χ3n) is 9.65. The molecule has 0 radical (unpaired) electrons. The third-order valence-corrected chi connectivity index (χ3v) is 10.4. The molecule has 2 saturated heterocycles. The van der Waals surface area contributed by atoms with Crippen molar-refractivity contribution in [2.75, 3.05) is 26.2 Å². The Morgan fingerprint density at radius 2 is 1.74 bits per heavy atom. The number of carboxylic acid groups (broad SMARTS) is 1. The smallest absolute Gasteiger partial charge is 0.475 e. The minimum absolute atomic E-state index is 0.0739. The number of ether oxygens (including phenoxy) is 1. The van der Waals surface area contributed by atoms with E-state index < -0.39 is 12.1 Å². The van der Waals surface area contributed by atoms with Crippen molar-refractivity contribution in [3.05, 3.63) is 69.7 Å². The Bertz CT molecular complexity index is 1250. The van der Waals surface area contributed by atoms with Crippen LogP contribution >= 0.6 is 15.9 Å². The third kappa shape index (κ3) is 6.40. The number of benzene rings is 2. The lowest BCUT2D eigenvalue weighted by Gasteiger charge is -2.48. The Kier molecular flexibility index (Phi) is 9.64. The minimum Gasteiger partial charge on any atom is -0.475 e. The lowest BCUT2D eigenvalue weighted by atomic mass is 9.69. The number of nitrogens with zero attached hydrogens (tertiary/aromatic N) is 1. The molecule has 1 amide bonds. The predicted molar refractivity (Wildman–Crippen MR) is 156 cm³/mol. The van der Waals surface area contributed by atoms with Crippen LogP contribution in [0.3, 0.4) is 0 Å². The number of fused-ring (bicyclic) bond motifs is 2. The Morgan fingerprint density at radius 3 is 2.43 bits per heavy atom. The molecular weight excluding hydrogens is 613 g/mol. The maximum absolute atomic E-state index is 14.5. The molecule has 6 rings (SSSR count). The standard InChI is InChI=1S/C30H37BrN2O2.C2HF3O2/c31-27-13-7-12-25-24(27)18-35-20-30(25)19-32-17-26(30)29(34)33-15-14-23(21-8-3-1-4-9-21)16-28(33)22-10-5-2-6-11-22;3-2(4,5)1(6)7/h1,3-4,7-9,12-13,22-23,26,28,32H,2,5-6,10-11,14-20H2;(H,6,7)/t23-,26+,28+,30-;/m1./s1. The van der Waals surface area contributed by atoms with Gasteiger partial charge in [0.2, 0.25) is 5.91 Å². The molecule has 6 nitrogen and oxygen atoms in total. The Hall–Kier alpha value is -2.43. The molecule has 42 heavy (non-hydrogen) atoms. The van der Waals surface area contributed by atoms with E-state index in [1.54, 1.807) is 0 Å². The van der Waals surface area contributed by atoms with E-state index >= 15 is 0 Å². The van der Waals surface area contributed by atoms with Crippen LogP contribution in [0.4, 0.5) is 13.2 Å². The molecule has 2 N–H and O–H groups in total. The zero-order chi connectivity index (χ0) is 29.9. The summed E-state index contributed by atoms with van der Waals surface area (Å²) in [5, 5.41) is 10.7. The van der Waals surface area contributed by atoms with Crippen LogP contribution < -0.4 is 5.32 Å². The molecule has 0 aromatic heterocycles. The van der Waals surface area contributed by atoms with Crippen LogP contribution in [0.1, 0.15) is 67.6 Å². The van der Waals surface area contributed by atoms with Gasteiger partial charge in [-0.3, -0.25) is 4.79 Å². The van der Waals surface area contributed by atoms with Crippen LogP contribution in [0.2, 0.25) is 0 Å². The van der Waals surface area contributed by atoms with E-state index in [4.69, 9.17) is 14.6 Å². The number of rotatable bonds is 3. The van der Waals surface area contributed by atoms with Gasteiger partial charge < -0.3 is 20.1 Å². The number of alkyl halides is 3. The summed E-state index contributed by atoms with van der Waals surface area (Å²) < 4.78 is 39.0. The predicted octanol–water partition coefficient (Wildman–Crippen LogP) is 6.42. The molecular formula is C32H38BrF3N2O4. The first-order valence-corrected chi connectivity index (χ1v) is 15.6. The van der Waals surface area contributed by atoms with E-state index in [1.807, 2.05) is 0 Å². The largest absolute Gasteiger partial charge is 0.490 e. The highest BCUT2D eigenvalue weighted by atomic mass is 79.9. The zero-order valence-corrected chi connectivity index (χ0v) is 25.1. The number of carbonyl (C=O) groups excluding carboxylic acids is 1. The highest BCUT2D eigenvalue weighted by Gasteiger charge is 2.53. The van der Waals surface area contributed by atoms with Gasteiger partial charge in [0, 0.05) is 35.6 Å². The van der Waals surface area contributed by atoms with E-state index in [2.05, 4.69) is 74.7 Å². The van der Waals surface area contributed by atoms with Crippen LogP contribution in [-0.4, -0.2) is 60.3 Å². The number of carboxylic acids is 1. The van der Waals surface area contributed by atoms with Crippen molar-refractivity contribution in [1.29, 1.82) is 0 Å². The van der Waals surface area contributed by atoms with E-state index in [1.165, 1.54) is 48.8 Å². The first-order valence-electron chi connectivity index (χ1n) is 14.8. The maximum Gasteiger partial charge on any atom is 0.490 e. The fourth-order valence-corrected chi connectivity index (χ4v) is 8.05. The van der Waals surface area contributed by atoms with Gasteiger partial charge in [0.25, 0.3) is 0 Å². The van der Waals surface area contributed by atoms with Gasteiger partial charge >= 0.3 is 12.1 Å². The lowest BCUT2D eigenvalue weighted by Crippen LogP contribution is -2.56. The summed E-state index contributed by atoms with van der Waals surface area (Å²) in [5.74, 6) is -1.29. The number of likely N-dealkylation sites (tertiary alicyclic amines) is 1. The highest BCUT2D eigenvalue weighted by Crippen LogP contribution is 2.46. The second-order valence-electron chi connectivity index (χ2n) is 12.0. The molecule has 2 aromatic rings. The van der Waals surface area contributed by atoms with Gasteiger partial charge in [0.1, 0.15) is 0 Å². The molecule has 0 unspecified atom stereocenters. The van der Waals surface area contributed by atoms with Crippen LogP contribution in [-0.2, 0) is 26.3 Å². The second kappa shape index (κ2) is 13.1. The molecule has 228 valence electrons. The normalized spacial score (nSPS) is 28.1. The quantitative estimate of drug-likeness (QED) is 0.401. The number of hydrogen-bond acceptors (Lipinski definition) is 4. The van der Waals surface area contributed by atoms with Gasteiger partial charge in [-0.2, -0.15) is 13.2 Å². The van der Waals surface area contributed by atoms with Gasteiger partial charge in [-0.05, 0) is 60.3 Å². The van der Waals surface area contributed by atoms with Gasteiger partial charge in [0.05, 0.1) is 19.1 Å². The van der Waals surface area contributed by atoms with Crippen molar-refractivity contribution in [2.45, 2.75) is 75.1 Å². The summed E-state index contributed by atoms with van der Waals surface area (Å²) in [7, 11) is 0. The van der Waals surface area contributed by atoms with E-state index in [-0.39, 0.29) is 11.3 Å².